The molecule has 1 aromatic rings. The second-order valence-electron chi connectivity index (χ2n) is 3.19. The minimum Gasteiger partial charge on any atom is -0.426 e. The largest absolute Gasteiger partial charge is 0.426 e. The normalized spacial score (nSPS) is 15.6. The molecule has 3 nitrogen and oxygen atoms in total. The minimum atomic E-state index is -0.173. The number of hydrogen-bond acceptors (Lipinski definition) is 4. The van der Waals surface area contributed by atoms with Crippen molar-refractivity contribution < 1.29 is 14.1 Å². The predicted octanol–water partition coefficient (Wildman–Crippen LogP) is 2.49. The Morgan fingerprint density at radius 3 is 3.00 bits per heavy atom. The molecular weight excluding hydrogens is 200 g/mol. The molecule has 1 aliphatic heterocycles. The third-order valence-corrected chi connectivity index (χ3v) is 2.65. The van der Waals surface area contributed by atoms with E-state index < -0.39 is 0 Å². The van der Waals surface area contributed by atoms with E-state index in [0.29, 0.717) is 24.2 Å². The number of carbonyl (C=O) groups is 1. The van der Waals surface area contributed by atoms with Gasteiger partial charge in [-0.2, -0.15) is 0 Å². The number of hydrogen-bond donors (Lipinski definition) is 1. The lowest BCUT2D eigenvalue weighted by Gasteiger charge is -2.05. The van der Waals surface area contributed by atoms with E-state index in [4.69, 9.17) is 9.29 Å². The van der Waals surface area contributed by atoms with E-state index in [1.165, 1.54) is 0 Å². The third kappa shape index (κ3) is 1.91. The summed E-state index contributed by atoms with van der Waals surface area (Å²) in [6.45, 7) is 0. The van der Waals surface area contributed by atoms with Crippen LogP contribution < -0.4 is 4.74 Å². The van der Waals surface area contributed by atoms with Crippen molar-refractivity contribution in [3.8, 4) is 5.75 Å². The second kappa shape index (κ2) is 4.02. The Bertz CT molecular complexity index is 362. The molecule has 2 rings (SSSR count). The van der Waals surface area contributed by atoms with E-state index in [-0.39, 0.29) is 5.97 Å². The van der Waals surface area contributed by atoms with Gasteiger partial charge in [0.15, 0.2) is 0 Å². The Morgan fingerprint density at radius 1 is 1.36 bits per heavy atom. The van der Waals surface area contributed by atoms with Crippen LogP contribution in [0.5, 0.6) is 5.75 Å². The van der Waals surface area contributed by atoms with Crippen LogP contribution in [0, 0.1) is 0 Å². The molecule has 74 valence electrons. The Hall–Kier alpha value is -1.00. The molecule has 0 bridgehead atoms. The summed E-state index contributed by atoms with van der Waals surface area (Å²) in [5.41, 5.74) is 0.995. The lowest BCUT2D eigenvalue weighted by molar-refractivity contribution is -0.134. The monoisotopic (exact) mass is 210 g/mol. The zero-order valence-corrected chi connectivity index (χ0v) is 8.34. The molecule has 0 saturated carbocycles. The maximum Gasteiger partial charge on any atom is 0.311 e. The van der Waals surface area contributed by atoms with Crippen LogP contribution in [0.3, 0.4) is 0 Å². The fourth-order valence-corrected chi connectivity index (χ4v) is 1.83. The van der Waals surface area contributed by atoms with Crippen LogP contribution in [-0.2, 0) is 11.2 Å². The molecule has 0 saturated heterocycles. The number of carbonyl (C=O) groups excluding carboxylic acids is 1. The number of esters is 1. The van der Waals surface area contributed by atoms with E-state index in [2.05, 4.69) is 0 Å². The molecule has 0 fully saturated rings. The summed E-state index contributed by atoms with van der Waals surface area (Å²) in [7, 11) is 0. The van der Waals surface area contributed by atoms with Gasteiger partial charge >= 0.3 is 5.97 Å². The summed E-state index contributed by atoms with van der Waals surface area (Å²) in [6, 6.07) is 5.33. The average molecular weight is 210 g/mol. The Balaban J connectivity index is 2.35. The van der Waals surface area contributed by atoms with Crippen LogP contribution in [0.4, 0.5) is 0 Å². The van der Waals surface area contributed by atoms with Gasteiger partial charge in [0.05, 0.1) is 0 Å². The maximum atomic E-state index is 11.1. The van der Waals surface area contributed by atoms with Gasteiger partial charge in [0.2, 0.25) is 0 Å². The Kier molecular flexibility index (Phi) is 2.74. The van der Waals surface area contributed by atoms with Crippen LogP contribution in [0.2, 0.25) is 0 Å². The van der Waals surface area contributed by atoms with Crippen LogP contribution >= 0.6 is 12.0 Å². The van der Waals surface area contributed by atoms with Gasteiger partial charge in [-0.3, -0.25) is 4.79 Å². The molecule has 0 spiro atoms. The summed E-state index contributed by atoms with van der Waals surface area (Å²) >= 11 is 0.709. The Morgan fingerprint density at radius 2 is 2.21 bits per heavy atom. The topological polar surface area (TPSA) is 46.5 Å². The summed E-state index contributed by atoms with van der Waals surface area (Å²) in [4.78, 5) is 11.9. The van der Waals surface area contributed by atoms with Crippen LogP contribution in [0.1, 0.15) is 18.4 Å². The molecule has 1 heterocycles. The molecule has 0 aliphatic carbocycles. The van der Waals surface area contributed by atoms with Gasteiger partial charge in [-0.1, -0.05) is 0 Å². The van der Waals surface area contributed by atoms with Crippen molar-refractivity contribution in [1.82, 2.24) is 0 Å². The first-order valence-corrected chi connectivity index (χ1v) is 5.22. The molecule has 1 aliphatic rings. The van der Waals surface area contributed by atoms with E-state index in [1.54, 1.807) is 12.1 Å². The highest BCUT2D eigenvalue weighted by Crippen LogP contribution is 2.28. The predicted molar refractivity (Wildman–Crippen MR) is 53.5 cm³/mol. The van der Waals surface area contributed by atoms with Crippen molar-refractivity contribution in [3.05, 3.63) is 23.8 Å². The zero-order valence-electron chi connectivity index (χ0n) is 7.53. The number of benzene rings is 1. The number of fused-ring (bicyclic) bond motifs is 1. The van der Waals surface area contributed by atoms with Crippen molar-refractivity contribution in [2.75, 3.05) is 0 Å². The van der Waals surface area contributed by atoms with Gasteiger partial charge < -0.3 is 9.29 Å². The number of aryl methyl sites for hydroxylation is 1. The molecule has 0 aromatic heterocycles. The summed E-state index contributed by atoms with van der Waals surface area (Å²) in [5, 5.41) is 0. The van der Waals surface area contributed by atoms with E-state index in [9.17, 15) is 4.79 Å². The molecule has 0 amide bonds. The molecule has 14 heavy (non-hydrogen) atoms. The van der Waals surface area contributed by atoms with Crippen LogP contribution in [0.15, 0.2) is 23.1 Å². The summed E-state index contributed by atoms with van der Waals surface area (Å²) in [6.07, 6.45) is 2.11. The minimum absolute atomic E-state index is 0.173. The van der Waals surface area contributed by atoms with Gasteiger partial charge in [0.1, 0.15) is 5.75 Å². The van der Waals surface area contributed by atoms with Crippen molar-refractivity contribution in [2.45, 2.75) is 24.2 Å². The van der Waals surface area contributed by atoms with E-state index in [0.717, 1.165) is 23.3 Å². The molecule has 0 atom stereocenters. The number of ether oxygens (including phenoxy) is 1. The SMILES string of the molecule is O=C1CCCc2cc(SO)ccc2O1. The van der Waals surface area contributed by atoms with Gasteiger partial charge in [-0.05, 0) is 36.6 Å². The summed E-state index contributed by atoms with van der Waals surface area (Å²) in [5.74, 6) is 0.457. The lowest BCUT2D eigenvalue weighted by atomic mass is 10.1. The van der Waals surface area contributed by atoms with Crippen LogP contribution in [0.25, 0.3) is 0 Å². The number of rotatable bonds is 1. The van der Waals surface area contributed by atoms with Crippen molar-refractivity contribution in [2.24, 2.45) is 0 Å². The van der Waals surface area contributed by atoms with Gasteiger partial charge in [0, 0.05) is 23.4 Å². The highest BCUT2D eigenvalue weighted by atomic mass is 32.2. The van der Waals surface area contributed by atoms with Crippen molar-refractivity contribution in [3.63, 3.8) is 0 Å². The standard InChI is InChI=1S/C10H10O3S/c11-10-3-1-2-7-6-8(14-12)4-5-9(7)13-10/h4-6,12H,1-3H2. The lowest BCUT2D eigenvalue weighted by Crippen LogP contribution is -2.05. The van der Waals surface area contributed by atoms with Gasteiger partial charge in [-0.15, -0.1) is 0 Å². The fourth-order valence-electron chi connectivity index (χ4n) is 1.50. The second-order valence-corrected chi connectivity index (χ2v) is 3.84. The first-order chi connectivity index (χ1) is 6.79. The molecule has 0 unspecified atom stereocenters. The highest BCUT2D eigenvalue weighted by molar-refractivity contribution is 7.93. The third-order valence-electron chi connectivity index (χ3n) is 2.19. The Labute approximate surface area is 86.3 Å². The highest BCUT2D eigenvalue weighted by Gasteiger charge is 2.14. The first kappa shape index (κ1) is 9.55. The smallest absolute Gasteiger partial charge is 0.311 e. The van der Waals surface area contributed by atoms with Crippen molar-refractivity contribution in [1.29, 1.82) is 0 Å². The zero-order chi connectivity index (χ0) is 9.97. The fraction of sp³-hybridized carbons (Fsp3) is 0.300. The summed E-state index contributed by atoms with van der Waals surface area (Å²) < 4.78 is 14.0. The average Bonchev–Trinajstić information content (AvgIpc) is 2.37. The van der Waals surface area contributed by atoms with Gasteiger partial charge in [-0.25, -0.2) is 0 Å². The molecule has 1 N–H and O–H groups in total. The van der Waals surface area contributed by atoms with E-state index >= 15 is 0 Å². The van der Waals surface area contributed by atoms with Gasteiger partial charge in [0.25, 0.3) is 0 Å². The first-order valence-electron chi connectivity index (χ1n) is 4.44. The maximum absolute atomic E-state index is 11.1. The molecule has 4 heteroatoms. The van der Waals surface area contributed by atoms with E-state index in [1.807, 2.05) is 6.07 Å². The van der Waals surface area contributed by atoms with Crippen molar-refractivity contribution >= 4 is 18.0 Å². The molecular formula is C10H10O3S. The van der Waals surface area contributed by atoms with Crippen LogP contribution in [-0.4, -0.2) is 10.5 Å². The quantitative estimate of drug-likeness (QED) is 0.439. The molecule has 0 radical (unpaired) electrons. The molecule has 1 aromatic carbocycles.